The van der Waals surface area contributed by atoms with Gasteiger partial charge in [0.05, 0.1) is 24.1 Å². The van der Waals surface area contributed by atoms with Crippen molar-refractivity contribution in [2.45, 2.75) is 13.1 Å². The maximum absolute atomic E-state index is 13.5. The Hall–Kier alpha value is -4.58. The smallest absolute Gasteiger partial charge is 0.257 e. The summed E-state index contributed by atoms with van der Waals surface area (Å²) in [5.41, 5.74) is 3.04. The van der Waals surface area contributed by atoms with Crippen molar-refractivity contribution in [1.82, 2.24) is 34.4 Å². The molecule has 2 N–H and O–H groups in total. The first-order chi connectivity index (χ1) is 17.4. The summed E-state index contributed by atoms with van der Waals surface area (Å²) in [7, 11) is 0. The molecule has 4 aromatic heterocycles. The van der Waals surface area contributed by atoms with E-state index in [1.165, 1.54) is 22.8 Å². The van der Waals surface area contributed by atoms with E-state index in [-0.39, 0.29) is 17.2 Å². The van der Waals surface area contributed by atoms with Crippen molar-refractivity contribution in [3.63, 3.8) is 0 Å². The minimum absolute atomic E-state index is 0.153. The van der Waals surface area contributed by atoms with Crippen molar-refractivity contribution in [1.29, 1.82) is 0 Å². The molecule has 1 aromatic carbocycles. The number of halogens is 3. The minimum Gasteiger partial charge on any atom is -0.324 e. The van der Waals surface area contributed by atoms with Crippen LogP contribution in [0.3, 0.4) is 0 Å². The van der Waals surface area contributed by atoms with Crippen LogP contribution in [-0.2, 0) is 13.1 Å². The van der Waals surface area contributed by atoms with E-state index in [1.807, 2.05) is 0 Å². The number of nitrogens with one attached hydrogen (secondary N) is 2. The first-order valence-electron chi connectivity index (χ1n) is 11.0. The van der Waals surface area contributed by atoms with E-state index in [1.54, 1.807) is 24.3 Å². The van der Waals surface area contributed by atoms with Crippen molar-refractivity contribution in [2.75, 3.05) is 11.9 Å². The third kappa shape index (κ3) is 3.96. The SMILES string of the molecule is O=C(Nc1cn2nc(-c3c(-c4ccc(F)cc4)nc4n3CCNC4)ccc2n1)c1cc(F)nc(F)c1. The Balaban J connectivity index is 1.38. The van der Waals surface area contributed by atoms with Crippen LogP contribution in [0.5, 0.6) is 0 Å². The minimum atomic E-state index is -1.10. The number of amides is 1. The number of pyridine rings is 1. The lowest BCUT2D eigenvalue weighted by Crippen LogP contribution is -2.28. The number of carbonyl (C=O) groups excluding carboxylic acids is 1. The van der Waals surface area contributed by atoms with Crippen molar-refractivity contribution in [3.8, 4) is 22.6 Å². The molecule has 0 unspecified atom stereocenters. The zero-order chi connectivity index (χ0) is 24.8. The highest BCUT2D eigenvalue weighted by molar-refractivity contribution is 6.03. The fraction of sp³-hybridized carbons (Fsp3) is 0.125. The van der Waals surface area contributed by atoms with E-state index >= 15 is 0 Å². The van der Waals surface area contributed by atoms with Gasteiger partial charge in [-0.15, -0.1) is 0 Å². The van der Waals surface area contributed by atoms with Crippen LogP contribution in [0.2, 0.25) is 0 Å². The van der Waals surface area contributed by atoms with E-state index in [4.69, 9.17) is 4.98 Å². The molecule has 180 valence electrons. The van der Waals surface area contributed by atoms with E-state index in [2.05, 4.69) is 30.3 Å². The Labute approximate surface area is 201 Å². The second-order valence-corrected chi connectivity index (χ2v) is 8.16. The van der Waals surface area contributed by atoms with E-state index in [0.717, 1.165) is 35.8 Å². The maximum atomic E-state index is 13.5. The van der Waals surface area contributed by atoms with Crippen molar-refractivity contribution in [2.24, 2.45) is 0 Å². The van der Waals surface area contributed by atoms with Gasteiger partial charge < -0.3 is 15.2 Å². The Morgan fingerprint density at radius 2 is 1.75 bits per heavy atom. The van der Waals surface area contributed by atoms with Gasteiger partial charge in [-0.3, -0.25) is 4.79 Å². The third-order valence-corrected chi connectivity index (χ3v) is 5.79. The number of carbonyl (C=O) groups is 1. The molecule has 5 aromatic rings. The van der Waals surface area contributed by atoms with Gasteiger partial charge >= 0.3 is 0 Å². The molecule has 12 heteroatoms. The van der Waals surface area contributed by atoms with Gasteiger partial charge in [-0.2, -0.15) is 18.9 Å². The van der Waals surface area contributed by atoms with E-state index in [9.17, 15) is 18.0 Å². The van der Waals surface area contributed by atoms with Gasteiger partial charge in [-0.05, 0) is 36.4 Å². The van der Waals surface area contributed by atoms with Crippen molar-refractivity contribution in [3.05, 3.63) is 83.8 Å². The highest BCUT2D eigenvalue weighted by Crippen LogP contribution is 2.33. The molecule has 0 saturated carbocycles. The molecular weight excluding hydrogens is 473 g/mol. The van der Waals surface area contributed by atoms with E-state index < -0.39 is 17.8 Å². The molecule has 0 fully saturated rings. The standard InChI is InChI=1S/C24H17F3N8O/c25-15-3-1-13(2-4-15)22-23(34-8-7-28-11-21(34)32-22)16-5-6-20-30-19(12-35(20)33-16)31-24(36)14-9-17(26)29-18(27)10-14/h1-6,9-10,12,28H,7-8,11H2,(H,31,36). The monoisotopic (exact) mass is 490 g/mol. The molecule has 0 radical (unpaired) electrons. The number of hydrogen-bond donors (Lipinski definition) is 2. The molecule has 9 nitrogen and oxygen atoms in total. The van der Waals surface area contributed by atoms with Gasteiger partial charge in [-0.25, -0.2) is 18.9 Å². The third-order valence-electron chi connectivity index (χ3n) is 5.79. The number of aromatic nitrogens is 6. The summed E-state index contributed by atoms with van der Waals surface area (Å²) < 4.78 is 43.9. The molecular formula is C24H17F3N8O. The maximum Gasteiger partial charge on any atom is 0.257 e. The fourth-order valence-electron chi connectivity index (χ4n) is 4.19. The van der Waals surface area contributed by atoms with Gasteiger partial charge in [0.15, 0.2) is 11.5 Å². The lowest BCUT2D eigenvalue weighted by atomic mass is 10.1. The average molecular weight is 490 g/mol. The van der Waals surface area contributed by atoms with E-state index in [0.29, 0.717) is 30.1 Å². The number of hydrogen-bond acceptors (Lipinski definition) is 6. The molecule has 1 aliphatic rings. The number of anilines is 1. The van der Waals surface area contributed by atoms with Crippen LogP contribution < -0.4 is 10.6 Å². The van der Waals surface area contributed by atoms with Gasteiger partial charge in [-0.1, -0.05) is 0 Å². The summed E-state index contributed by atoms with van der Waals surface area (Å²) in [4.78, 5) is 24.5. The average Bonchev–Trinajstić information content (AvgIpc) is 3.44. The Morgan fingerprint density at radius 1 is 0.972 bits per heavy atom. The summed E-state index contributed by atoms with van der Waals surface area (Å²) in [6, 6.07) is 11.3. The summed E-state index contributed by atoms with van der Waals surface area (Å²) in [5.74, 6) is -2.28. The molecule has 1 aliphatic heterocycles. The quantitative estimate of drug-likeness (QED) is 0.375. The zero-order valence-corrected chi connectivity index (χ0v) is 18.5. The fourth-order valence-corrected chi connectivity index (χ4v) is 4.19. The summed E-state index contributed by atoms with van der Waals surface area (Å²) in [5, 5.41) is 10.5. The first-order valence-corrected chi connectivity index (χ1v) is 11.0. The van der Waals surface area contributed by atoms with Gasteiger partial charge in [0.1, 0.15) is 17.3 Å². The largest absolute Gasteiger partial charge is 0.324 e. The number of imidazole rings is 2. The van der Waals surface area contributed by atoms with Crippen molar-refractivity contribution < 1.29 is 18.0 Å². The molecule has 1 amide bonds. The van der Waals surface area contributed by atoms with Gasteiger partial charge in [0.2, 0.25) is 11.9 Å². The molecule has 0 bridgehead atoms. The molecule has 0 saturated heterocycles. The molecule has 36 heavy (non-hydrogen) atoms. The lowest BCUT2D eigenvalue weighted by molar-refractivity contribution is 0.102. The predicted molar refractivity (Wildman–Crippen MR) is 123 cm³/mol. The molecule has 0 aliphatic carbocycles. The number of benzene rings is 1. The lowest BCUT2D eigenvalue weighted by Gasteiger charge is -2.17. The first kappa shape index (κ1) is 21.9. The molecule has 6 rings (SSSR count). The number of fused-ring (bicyclic) bond motifs is 2. The molecule has 0 atom stereocenters. The van der Waals surface area contributed by atoms with Crippen LogP contribution in [-0.4, -0.2) is 41.6 Å². The second kappa shape index (κ2) is 8.57. The van der Waals surface area contributed by atoms with Gasteiger partial charge in [0, 0.05) is 36.3 Å². The van der Waals surface area contributed by atoms with Crippen LogP contribution in [0.25, 0.3) is 28.3 Å². The van der Waals surface area contributed by atoms with Crippen molar-refractivity contribution >= 4 is 17.4 Å². The Kier molecular flexibility index (Phi) is 5.22. The highest BCUT2D eigenvalue weighted by atomic mass is 19.1. The summed E-state index contributed by atoms with van der Waals surface area (Å²) in [6.07, 6.45) is 1.50. The normalized spacial score (nSPS) is 13.1. The van der Waals surface area contributed by atoms with Crippen LogP contribution in [0, 0.1) is 17.7 Å². The second-order valence-electron chi connectivity index (χ2n) is 8.16. The Bertz CT molecular complexity index is 1610. The Morgan fingerprint density at radius 3 is 2.53 bits per heavy atom. The number of nitrogens with zero attached hydrogens (tertiary/aromatic N) is 6. The van der Waals surface area contributed by atoms with Gasteiger partial charge in [0.25, 0.3) is 5.91 Å². The van der Waals surface area contributed by atoms with Crippen LogP contribution in [0.4, 0.5) is 19.0 Å². The summed E-state index contributed by atoms with van der Waals surface area (Å²) >= 11 is 0. The van der Waals surface area contributed by atoms with Crippen LogP contribution in [0.1, 0.15) is 16.2 Å². The van der Waals surface area contributed by atoms with Crippen LogP contribution >= 0.6 is 0 Å². The number of rotatable bonds is 4. The topological polar surface area (TPSA) is 102 Å². The van der Waals surface area contributed by atoms with Crippen LogP contribution in [0.15, 0.2) is 54.7 Å². The zero-order valence-electron chi connectivity index (χ0n) is 18.5. The molecule has 5 heterocycles. The highest BCUT2D eigenvalue weighted by Gasteiger charge is 2.23. The molecule has 0 spiro atoms. The predicted octanol–water partition coefficient (Wildman–Crippen LogP) is 3.43. The summed E-state index contributed by atoms with van der Waals surface area (Å²) in [6.45, 7) is 2.04.